The van der Waals surface area contributed by atoms with Crippen molar-refractivity contribution >= 4 is 17.0 Å². The number of carbonyl (C=O) groups is 1. The van der Waals surface area contributed by atoms with Crippen LogP contribution in [0.4, 0.5) is 0 Å². The summed E-state index contributed by atoms with van der Waals surface area (Å²) < 4.78 is 0. The summed E-state index contributed by atoms with van der Waals surface area (Å²) >= 11 is 0. The Balaban J connectivity index is 1.76. The average molecular weight is 259 g/mol. The van der Waals surface area contributed by atoms with Gasteiger partial charge in [0.15, 0.2) is 0 Å². The fourth-order valence-electron chi connectivity index (χ4n) is 2.79. The molecule has 1 atom stereocenters. The van der Waals surface area contributed by atoms with Gasteiger partial charge in [-0.05, 0) is 37.1 Å². The van der Waals surface area contributed by atoms with Crippen LogP contribution < -0.4 is 0 Å². The molecular weight excluding hydrogens is 242 g/mol. The van der Waals surface area contributed by atoms with Crippen LogP contribution in [0.5, 0.6) is 0 Å². The molecule has 0 radical (unpaired) electrons. The van der Waals surface area contributed by atoms with Crippen molar-refractivity contribution in [1.82, 2.24) is 14.9 Å². The molecule has 2 aromatic rings. The molecule has 0 spiro atoms. The molecule has 5 heteroatoms. The van der Waals surface area contributed by atoms with Crippen molar-refractivity contribution in [2.24, 2.45) is 5.92 Å². The third-order valence-electron chi connectivity index (χ3n) is 3.79. The Morgan fingerprint density at radius 1 is 1.58 bits per heavy atom. The Labute approximate surface area is 111 Å². The molecular formula is C14H17N3O2. The lowest BCUT2D eigenvalue weighted by atomic mass is 9.98. The highest BCUT2D eigenvalue weighted by molar-refractivity contribution is 5.79. The summed E-state index contributed by atoms with van der Waals surface area (Å²) in [5, 5.41) is 10.2. The van der Waals surface area contributed by atoms with Crippen molar-refractivity contribution in [3.63, 3.8) is 0 Å². The molecule has 2 aromatic heterocycles. The van der Waals surface area contributed by atoms with Gasteiger partial charge in [-0.2, -0.15) is 0 Å². The van der Waals surface area contributed by atoms with Crippen LogP contribution in [0, 0.1) is 5.92 Å². The molecule has 1 fully saturated rings. The summed E-state index contributed by atoms with van der Waals surface area (Å²) in [5.74, 6) is -0.901. The van der Waals surface area contributed by atoms with E-state index in [0.29, 0.717) is 6.54 Å². The van der Waals surface area contributed by atoms with Crippen molar-refractivity contribution < 1.29 is 9.90 Å². The molecule has 1 aliphatic rings. The molecule has 100 valence electrons. The maximum atomic E-state index is 11.1. The van der Waals surface area contributed by atoms with E-state index in [1.807, 2.05) is 18.3 Å². The van der Waals surface area contributed by atoms with Crippen molar-refractivity contribution in [1.29, 1.82) is 0 Å². The molecule has 3 heterocycles. The Morgan fingerprint density at radius 3 is 3.32 bits per heavy atom. The Hall–Kier alpha value is -1.88. The molecule has 0 saturated carbocycles. The predicted octanol–water partition coefficient (Wildman–Crippen LogP) is 1.86. The number of hydrogen-bond donors (Lipinski definition) is 2. The Bertz CT molecular complexity index is 593. The second kappa shape index (κ2) is 5.01. The number of H-pyrrole nitrogens is 1. The van der Waals surface area contributed by atoms with Gasteiger partial charge >= 0.3 is 5.97 Å². The first-order chi connectivity index (χ1) is 9.24. The monoisotopic (exact) mass is 259 g/mol. The molecule has 0 bridgehead atoms. The highest BCUT2D eigenvalue weighted by Gasteiger charge is 2.25. The maximum Gasteiger partial charge on any atom is 0.307 e. The van der Waals surface area contributed by atoms with Crippen LogP contribution in [0.2, 0.25) is 0 Å². The van der Waals surface area contributed by atoms with E-state index in [-0.39, 0.29) is 5.92 Å². The zero-order chi connectivity index (χ0) is 13.2. The van der Waals surface area contributed by atoms with Gasteiger partial charge in [0.05, 0.1) is 5.92 Å². The van der Waals surface area contributed by atoms with Crippen LogP contribution in [-0.4, -0.2) is 39.0 Å². The SMILES string of the molecule is O=C(O)C1CCCN(Cc2c[nH]c3ncccc23)C1. The number of likely N-dealkylation sites (tertiary alicyclic amines) is 1. The summed E-state index contributed by atoms with van der Waals surface area (Å²) in [6, 6.07) is 3.97. The number of carboxylic acid groups (broad SMARTS) is 1. The van der Waals surface area contributed by atoms with Crippen molar-refractivity contribution in [2.75, 3.05) is 13.1 Å². The number of carboxylic acids is 1. The standard InChI is InChI=1S/C14H17N3O2/c18-14(19)10-3-2-6-17(8-10)9-11-7-16-13-12(11)4-1-5-15-13/h1,4-5,7,10H,2-3,6,8-9H2,(H,15,16)(H,18,19). The highest BCUT2D eigenvalue weighted by Crippen LogP contribution is 2.22. The first kappa shape index (κ1) is 12.2. The molecule has 2 N–H and O–H groups in total. The lowest BCUT2D eigenvalue weighted by molar-refractivity contribution is -0.143. The second-order valence-electron chi connectivity index (χ2n) is 5.13. The van der Waals surface area contributed by atoms with Gasteiger partial charge in [-0.15, -0.1) is 0 Å². The van der Waals surface area contributed by atoms with Crippen LogP contribution in [0.15, 0.2) is 24.5 Å². The summed E-state index contributed by atoms with van der Waals surface area (Å²) in [7, 11) is 0. The molecule has 1 unspecified atom stereocenters. The highest BCUT2D eigenvalue weighted by atomic mass is 16.4. The molecule has 19 heavy (non-hydrogen) atoms. The van der Waals surface area contributed by atoms with Gasteiger partial charge in [-0.3, -0.25) is 9.69 Å². The zero-order valence-corrected chi connectivity index (χ0v) is 10.7. The Kier molecular flexibility index (Phi) is 3.21. The number of piperidine rings is 1. The lowest BCUT2D eigenvalue weighted by Crippen LogP contribution is -2.38. The van der Waals surface area contributed by atoms with Gasteiger partial charge in [0.2, 0.25) is 0 Å². The number of nitrogens with one attached hydrogen (secondary N) is 1. The summed E-state index contributed by atoms with van der Waals surface area (Å²) in [6.45, 7) is 2.40. The molecule has 5 nitrogen and oxygen atoms in total. The zero-order valence-electron chi connectivity index (χ0n) is 10.7. The van der Waals surface area contributed by atoms with Gasteiger partial charge in [0.25, 0.3) is 0 Å². The average Bonchev–Trinajstić information content (AvgIpc) is 2.83. The number of aromatic amines is 1. The van der Waals surface area contributed by atoms with Crippen LogP contribution in [0.3, 0.4) is 0 Å². The summed E-state index contributed by atoms with van der Waals surface area (Å²) in [4.78, 5) is 20.7. The number of rotatable bonds is 3. The van der Waals surface area contributed by atoms with Crippen LogP contribution in [-0.2, 0) is 11.3 Å². The topological polar surface area (TPSA) is 69.2 Å². The second-order valence-corrected chi connectivity index (χ2v) is 5.13. The third-order valence-corrected chi connectivity index (χ3v) is 3.79. The van der Waals surface area contributed by atoms with E-state index in [1.54, 1.807) is 6.20 Å². The summed E-state index contributed by atoms with van der Waals surface area (Å²) in [5.41, 5.74) is 2.08. The number of hydrogen-bond acceptors (Lipinski definition) is 3. The van der Waals surface area contributed by atoms with Gasteiger partial charge in [0.1, 0.15) is 5.65 Å². The molecule has 0 aromatic carbocycles. The molecule has 0 aliphatic carbocycles. The smallest absolute Gasteiger partial charge is 0.307 e. The van der Waals surface area contributed by atoms with E-state index in [4.69, 9.17) is 5.11 Å². The minimum Gasteiger partial charge on any atom is -0.481 e. The van der Waals surface area contributed by atoms with Crippen LogP contribution >= 0.6 is 0 Å². The number of fused-ring (bicyclic) bond motifs is 1. The fourth-order valence-corrected chi connectivity index (χ4v) is 2.79. The Morgan fingerprint density at radius 2 is 2.47 bits per heavy atom. The fraction of sp³-hybridized carbons (Fsp3) is 0.429. The van der Waals surface area contributed by atoms with Crippen molar-refractivity contribution in [3.8, 4) is 0 Å². The third kappa shape index (κ3) is 2.46. The maximum absolute atomic E-state index is 11.1. The molecule has 3 rings (SSSR count). The van der Waals surface area contributed by atoms with Crippen LogP contribution in [0.1, 0.15) is 18.4 Å². The number of aromatic nitrogens is 2. The largest absolute Gasteiger partial charge is 0.481 e. The van der Waals surface area contributed by atoms with Gasteiger partial charge in [-0.25, -0.2) is 4.98 Å². The first-order valence-electron chi connectivity index (χ1n) is 6.60. The van der Waals surface area contributed by atoms with E-state index < -0.39 is 5.97 Å². The van der Waals surface area contributed by atoms with Crippen molar-refractivity contribution in [2.45, 2.75) is 19.4 Å². The van der Waals surface area contributed by atoms with Gasteiger partial charge in [-0.1, -0.05) is 0 Å². The molecule has 0 amide bonds. The van der Waals surface area contributed by atoms with Crippen molar-refractivity contribution in [3.05, 3.63) is 30.1 Å². The molecule has 1 aliphatic heterocycles. The normalized spacial score (nSPS) is 20.7. The lowest BCUT2D eigenvalue weighted by Gasteiger charge is -2.30. The van der Waals surface area contributed by atoms with Crippen LogP contribution in [0.25, 0.3) is 11.0 Å². The minimum absolute atomic E-state index is 0.225. The van der Waals surface area contributed by atoms with Gasteiger partial charge in [0, 0.05) is 30.9 Å². The number of aliphatic carboxylic acids is 1. The first-order valence-corrected chi connectivity index (χ1v) is 6.60. The van der Waals surface area contributed by atoms with E-state index in [9.17, 15) is 4.79 Å². The number of pyridine rings is 1. The molecule has 1 saturated heterocycles. The van der Waals surface area contributed by atoms with Gasteiger partial charge < -0.3 is 10.1 Å². The predicted molar refractivity (Wildman–Crippen MR) is 71.7 cm³/mol. The van der Waals surface area contributed by atoms with E-state index >= 15 is 0 Å². The quantitative estimate of drug-likeness (QED) is 0.882. The number of nitrogens with zero attached hydrogens (tertiary/aromatic N) is 2. The van der Waals surface area contributed by atoms with E-state index in [0.717, 1.165) is 37.0 Å². The summed E-state index contributed by atoms with van der Waals surface area (Å²) in [6.07, 6.45) is 5.49. The minimum atomic E-state index is -0.676. The van der Waals surface area contributed by atoms with E-state index in [2.05, 4.69) is 14.9 Å². The van der Waals surface area contributed by atoms with E-state index in [1.165, 1.54) is 5.56 Å².